The van der Waals surface area contributed by atoms with Gasteiger partial charge in [0.25, 0.3) is 0 Å². The van der Waals surface area contributed by atoms with Crippen LogP contribution >= 0.6 is 0 Å². The highest BCUT2D eigenvalue weighted by molar-refractivity contribution is 5.76. The van der Waals surface area contributed by atoms with Gasteiger partial charge in [-0.3, -0.25) is 4.79 Å². The highest BCUT2D eigenvalue weighted by Crippen LogP contribution is 2.61. The molecular formula is C26H35N3O. The third-order valence-electron chi connectivity index (χ3n) is 8.43. The van der Waals surface area contributed by atoms with E-state index in [9.17, 15) is 4.79 Å². The fraction of sp³-hybridized carbons (Fsp3) is 0.615. The lowest BCUT2D eigenvalue weighted by Gasteiger charge is -2.59. The first kappa shape index (κ1) is 19.8. The molecule has 4 heteroatoms. The summed E-state index contributed by atoms with van der Waals surface area (Å²) in [6.07, 6.45) is 9.65. The second-order valence-corrected chi connectivity index (χ2v) is 10.5. The van der Waals surface area contributed by atoms with E-state index in [4.69, 9.17) is 5.10 Å². The van der Waals surface area contributed by atoms with Gasteiger partial charge in [-0.25, -0.2) is 4.68 Å². The van der Waals surface area contributed by atoms with Crippen LogP contribution in [0.25, 0.3) is 5.69 Å². The molecule has 0 saturated heterocycles. The molecule has 4 fully saturated rings. The largest absolute Gasteiger partial charge is 0.353 e. The van der Waals surface area contributed by atoms with Gasteiger partial charge in [-0.2, -0.15) is 5.10 Å². The smallest absolute Gasteiger partial charge is 0.220 e. The van der Waals surface area contributed by atoms with Crippen LogP contribution in [0.4, 0.5) is 0 Å². The Bertz CT molecular complexity index is 894. The van der Waals surface area contributed by atoms with Gasteiger partial charge in [0.2, 0.25) is 5.91 Å². The molecule has 160 valence electrons. The number of para-hydroxylation sites is 1. The summed E-state index contributed by atoms with van der Waals surface area (Å²) in [7, 11) is 0. The van der Waals surface area contributed by atoms with E-state index in [0.717, 1.165) is 41.2 Å². The summed E-state index contributed by atoms with van der Waals surface area (Å²) >= 11 is 0. The van der Waals surface area contributed by atoms with Crippen molar-refractivity contribution in [1.82, 2.24) is 15.1 Å². The maximum atomic E-state index is 12.9. The van der Waals surface area contributed by atoms with Gasteiger partial charge < -0.3 is 5.32 Å². The minimum Gasteiger partial charge on any atom is -0.353 e. The molecular weight excluding hydrogens is 370 g/mol. The zero-order valence-corrected chi connectivity index (χ0v) is 18.7. The van der Waals surface area contributed by atoms with Gasteiger partial charge in [-0.1, -0.05) is 18.2 Å². The van der Waals surface area contributed by atoms with Gasteiger partial charge in [-0.05, 0) is 107 Å². The van der Waals surface area contributed by atoms with E-state index >= 15 is 0 Å². The highest BCUT2D eigenvalue weighted by Gasteiger charge is 2.53. The average Bonchev–Trinajstić information content (AvgIpc) is 2.99. The fourth-order valence-electron chi connectivity index (χ4n) is 7.27. The zero-order valence-electron chi connectivity index (χ0n) is 18.7. The van der Waals surface area contributed by atoms with Crippen molar-refractivity contribution in [2.24, 2.45) is 23.2 Å². The van der Waals surface area contributed by atoms with E-state index < -0.39 is 0 Å². The van der Waals surface area contributed by atoms with E-state index in [0.29, 0.717) is 17.9 Å². The van der Waals surface area contributed by atoms with Crippen LogP contribution < -0.4 is 5.32 Å². The van der Waals surface area contributed by atoms with Crippen molar-refractivity contribution in [1.29, 1.82) is 0 Å². The van der Waals surface area contributed by atoms with Gasteiger partial charge in [0.1, 0.15) is 0 Å². The number of rotatable bonds is 6. The maximum absolute atomic E-state index is 12.9. The summed E-state index contributed by atoms with van der Waals surface area (Å²) in [4.78, 5) is 12.9. The Labute approximate surface area is 180 Å². The number of carbonyl (C=O) groups is 1. The molecule has 6 rings (SSSR count). The number of hydrogen-bond acceptors (Lipinski definition) is 2. The normalized spacial score (nSPS) is 30.4. The van der Waals surface area contributed by atoms with Gasteiger partial charge in [-0.15, -0.1) is 0 Å². The molecule has 0 radical (unpaired) electrons. The first-order valence-electron chi connectivity index (χ1n) is 11.8. The Morgan fingerprint density at radius 3 is 2.30 bits per heavy atom. The summed E-state index contributed by atoms with van der Waals surface area (Å²) in [6, 6.07) is 10.5. The fourth-order valence-corrected chi connectivity index (χ4v) is 7.27. The first-order valence-corrected chi connectivity index (χ1v) is 11.8. The highest BCUT2D eigenvalue weighted by atomic mass is 16.1. The minimum atomic E-state index is 0.199. The molecule has 0 unspecified atom stereocenters. The molecule has 1 aromatic heterocycles. The Kier molecular flexibility index (Phi) is 4.99. The van der Waals surface area contributed by atoms with Crippen LogP contribution in [0.2, 0.25) is 0 Å². The van der Waals surface area contributed by atoms with E-state index in [-0.39, 0.29) is 5.91 Å². The monoisotopic (exact) mass is 405 g/mol. The van der Waals surface area contributed by atoms with Gasteiger partial charge >= 0.3 is 0 Å². The van der Waals surface area contributed by atoms with Crippen LogP contribution in [0.3, 0.4) is 0 Å². The topological polar surface area (TPSA) is 46.9 Å². The van der Waals surface area contributed by atoms with Crippen molar-refractivity contribution in [3.63, 3.8) is 0 Å². The maximum Gasteiger partial charge on any atom is 0.220 e. The first-order chi connectivity index (χ1) is 14.4. The van der Waals surface area contributed by atoms with Crippen molar-refractivity contribution < 1.29 is 4.79 Å². The summed E-state index contributed by atoms with van der Waals surface area (Å²) < 4.78 is 2.00. The Morgan fingerprint density at radius 1 is 1.10 bits per heavy atom. The van der Waals surface area contributed by atoms with E-state index in [1.54, 1.807) is 0 Å². The number of nitrogens with one attached hydrogen (secondary N) is 1. The van der Waals surface area contributed by atoms with Crippen molar-refractivity contribution in [3.05, 3.63) is 47.3 Å². The molecule has 0 spiro atoms. The molecule has 30 heavy (non-hydrogen) atoms. The third kappa shape index (κ3) is 3.48. The second-order valence-electron chi connectivity index (χ2n) is 10.5. The Morgan fingerprint density at radius 2 is 1.70 bits per heavy atom. The lowest BCUT2D eigenvalue weighted by Crippen LogP contribution is -2.55. The predicted molar refractivity (Wildman–Crippen MR) is 120 cm³/mol. The molecule has 1 amide bonds. The van der Waals surface area contributed by atoms with Crippen LogP contribution in [0.1, 0.15) is 68.8 Å². The van der Waals surface area contributed by atoms with Crippen molar-refractivity contribution in [2.45, 2.75) is 78.2 Å². The summed E-state index contributed by atoms with van der Waals surface area (Å²) in [5.74, 6) is 2.96. The van der Waals surface area contributed by atoms with Crippen molar-refractivity contribution in [3.8, 4) is 5.69 Å². The van der Waals surface area contributed by atoms with Gasteiger partial charge in [0, 0.05) is 18.2 Å². The van der Waals surface area contributed by atoms with E-state index in [2.05, 4.69) is 38.2 Å². The molecule has 4 nitrogen and oxygen atoms in total. The van der Waals surface area contributed by atoms with Gasteiger partial charge in [0.15, 0.2) is 0 Å². The predicted octanol–water partition coefficient (Wildman–Crippen LogP) is 5.14. The Hall–Kier alpha value is -2.10. The van der Waals surface area contributed by atoms with Crippen LogP contribution in [-0.2, 0) is 11.2 Å². The SMILES string of the molecule is Cc1nn(-c2ccccc2)c(C)c1CCC(=O)N[C@@H](C)C12CC3CC(CC(C3)C1)C2. The zero-order chi connectivity index (χ0) is 20.9. The number of hydrogen-bond donors (Lipinski definition) is 1. The summed E-state index contributed by atoms with van der Waals surface area (Å²) in [6.45, 7) is 6.44. The Balaban J connectivity index is 1.22. The summed E-state index contributed by atoms with van der Waals surface area (Å²) in [5, 5.41) is 8.15. The molecule has 4 aliphatic rings. The summed E-state index contributed by atoms with van der Waals surface area (Å²) in [5.41, 5.74) is 4.81. The molecule has 0 aliphatic heterocycles. The molecule has 4 aliphatic carbocycles. The van der Waals surface area contributed by atoms with Crippen molar-refractivity contribution in [2.75, 3.05) is 0 Å². The molecule has 4 bridgehead atoms. The van der Waals surface area contributed by atoms with Crippen LogP contribution in [0.5, 0.6) is 0 Å². The number of benzene rings is 1. The minimum absolute atomic E-state index is 0.199. The van der Waals surface area contributed by atoms with Crippen LogP contribution in [-0.4, -0.2) is 21.7 Å². The molecule has 1 atom stereocenters. The number of amides is 1. The quantitative estimate of drug-likeness (QED) is 0.723. The lowest BCUT2D eigenvalue weighted by atomic mass is 9.48. The molecule has 2 aromatic rings. The average molecular weight is 406 g/mol. The molecule has 1 N–H and O–H groups in total. The second kappa shape index (κ2) is 7.55. The lowest BCUT2D eigenvalue weighted by molar-refractivity contribution is -0.125. The number of nitrogens with zero attached hydrogens (tertiary/aromatic N) is 2. The molecule has 4 saturated carbocycles. The molecule has 1 aromatic carbocycles. The van der Waals surface area contributed by atoms with E-state index in [1.807, 2.05) is 22.9 Å². The van der Waals surface area contributed by atoms with E-state index in [1.165, 1.54) is 44.1 Å². The third-order valence-corrected chi connectivity index (χ3v) is 8.43. The number of carbonyl (C=O) groups excluding carboxylic acids is 1. The van der Waals surface area contributed by atoms with Crippen molar-refractivity contribution >= 4 is 5.91 Å². The molecule has 1 heterocycles. The van der Waals surface area contributed by atoms with Gasteiger partial charge in [0.05, 0.1) is 11.4 Å². The van der Waals surface area contributed by atoms with Crippen LogP contribution in [0, 0.1) is 37.0 Å². The number of aryl methyl sites for hydroxylation is 1. The van der Waals surface area contributed by atoms with Crippen LogP contribution in [0.15, 0.2) is 30.3 Å². The number of aromatic nitrogens is 2. The standard InChI is InChI=1S/C26H35N3O/c1-17-24(18(2)29(28-17)23-7-5-4-6-8-23)9-10-25(30)27-19(3)26-14-20-11-21(15-26)13-22(12-20)16-26/h4-8,19-22H,9-16H2,1-3H3,(H,27,30)/t19-,20?,21?,22?,26?/m0/s1.